The van der Waals surface area contributed by atoms with Crippen molar-refractivity contribution in [1.29, 1.82) is 0 Å². The van der Waals surface area contributed by atoms with Crippen LogP contribution in [0.25, 0.3) is 0 Å². The Hall–Kier alpha value is -1.31. The molecule has 0 fully saturated rings. The molecule has 0 heterocycles. The largest absolute Gasteiger partial charge is 0.388 e. The lowest BCUT2D eigenvalue weighted by Gasteiger charge is -2.19. The fraction of sp³-hybridized carbons (Fsp3) is 0.385. The second kappa shape index (κ2) is 4.47. The quantitative estimate of drug-likeness (QED) is 0.732. The van der Waals surface area contributed by atoms with E-state index in [1.165, 1.54) is 0 Å². The molecule has 1 rings (SSSR count). The monoisotopic (exact) mass is 207 g/mol. The van der Waals surface area contributed by atoms with Gasteiger partial charge in [0.1, 0.15) is 5.67 Å². The van der Waals surface area contributed by atoms with Crippen LogP contribution >= 0.6 is 0 Å². The van der Waals surface area contributed by atoms with Crippen LogP contribution in [0.15, 0.2) is 47.2 Å². The third-order valence-corrected chi connectivity index (χ3v) is 2.41. The fourth-order valence-electron chi connectivity index (χ4n) is 1.58. The second-order valence-corrected chi connectivity index (χ2v) is 4.13. The Bertz CT molecular complexity index is 351. The Morgan fingerprint density at radius 3 is 2.40 bits per heavy atom. The van der Waals surface area contributed by atoms with Gasteiger partial charge >= 0.3 is 0 Å². The fourth-order valence-corrected chi connectivity index (χ4v) is 1.58. The minimum absolute atomic E-state index is 0.722. The SMILES string of the molecule is CNC1=CC=CC(C)=C(C(C)(C)F)C=C1. The smallest absolute Gasteiger partial charge is 0.130 e. The first-order valence-electron chi connectivity index (χ1n) is 5.09. The number of likely N-dealkylation sites (N-methyl/N-ethyl adjacent to an activating group) is 1. The Kier molecular flexibility index (Phi) is 3.51. The van der Waals surface area contributed by atoms with Crippen LogP contribution in [-0.4, -0.2) is 12.7 Å². The molecule has 1 aliphatic rings. The summed E-state index contributed by atoms with van der Waals surface area (Å²) in [5.41, 5.74) is 1.35. The highest BCUT2D eigenvalue weighted by Gasteiger charge is 2.21. The molecule has 0 aromatic rings. The van der Waals surface area contributed by atoms with E-state index in [1.807, 2.05) is 44.4 Å². The van der Waals surface area contributed by atoms with Crippen molar-refractivity contribution in [3.63, 3.8) is 0 Å². The molecule has 1 N–H and O–H groups in total. The van der Waals surface area contributed by atoms with Crippen LogP contribution in [0.3, 0.4) is 0 Å². The van der Waals surface area contributed by atoms with Crippen molar-refractivity contribution in [2.24, 2.45) is 0 Å². The van der Waals surface area contributed by atoms with Crippen LogP contribution in [0.4, 0.5) is 4.39 Å². The number of rotatable bonds is 2. The summed E-state index contributed by atoms with van der Waals surface area (Å²) < 4.78 is 13.9. The van der Waals surface area contributed by atoms with E-state index in [0.29, 0.717) is 0 Å². The summed E-state index contributed by atoms with van der Waals surface area (Å²) in [5, 5.41) is 3.04. The van der Waals surface area contributed by atoms with Crippen LogP contribution in [-0.2, 0) is 0 Å². The van der Waals surface area contributed by atoms with Crippen molar-refractivity contribution in [3.8, 4) is 0 Å². The molecule has 0 amide bonds. The summed E-state index contributed by atoms with van der Waals surface area (Å²) in [6, 6.07) is 0. The number of alkyl halides is 1. The molecule has 0 unspecified atom stereocenters. The highest BCUT2D eigenvalue weighted by Crippen LogP contribution is 2.26. The summed E-state index contributed by atoms with van der Waals surface area (Å²) in [4.78, 5) is 0. The lowest BCUT2D eigenvalue weighted by Crippen LogP contribution is -2.16. The molecule has 1 aliphatic carbocycles. The van der Waals surface area contributed by atoms with Crippen molar-refractivity contribution in [1.82, 2.24) is 5.32 Å². The molecular weight excluding hydrogens is 189 g/mol. The molecule has 0 aromatic heterocycles. The van der Waals surface area contributed by atoms with Gasteiger partial charge in [0, 0.05) is 12.7 Å². The maximum Gasteiger partial charge on any atom is 0.130 e. The van der Waals surface area contributed by atoms with E-state index in [-0.39, 0.29) is 0 Å². The summed E-state index contributed by atoms with van der Waals surface area (Å²) in [5.74, 6) is 0. The number of halogens is 1. The summed E-state index contributed by atoms with van der Waals surface area (Å²) in [6.07, 6.45) is 9.54. The average molecular weight is 207 g/mol. The lowest BCUT2D eigenvalue weighted by atomic mass is 9.93. The van der Waals surface area contributed by atoms with Crippen molar-refractivity contribution in [2.75, 3.05) is 7.05 Å². The number of allylic oxidation sites excluding steroid dienone is 7. The molecule has 0 radical (unpaired) electrons. The van der Waals surface area contributed by atoms with E-state index < -0.39 is 5.67 Å². The molecule has 0 atom stereocenters. The third-order valence-electron chi connectivity index (χ3n) is 2.41. The van der Waals surface area contributed by atoms with Crippen molar-refractivity contribution in [2.45, 2.75) is 26.4 Å². The standard InChI is InChI=1S/C13H18FN/c1-10-6-5-7-11(15-4)8-9-12(10)13(2,3)14/h5-9,15H,1-4H3. The molecule has 82 valence electrons. The Morgan fingerprint density at radius 1 is 1.20 bits per heavy atom. The molecule has 15 heavy (non-hydrogen) atoms. The molecule has 0 bridgehead atoms. The van der Waals surface area contributed by atoms with E-state index in [1.54, 1.807) is 13.8 Å². The van der Waals surface area contributed by atoms with Gasteiger partial charge in [-0.25, -0.2) is 4.39 Å². The number of nitrogens with one attached hydrogen (secondary N) is 1. The van der Waals surface area contributed by atoms with Crippen LogP contribution in [0.2, 0.25) is 0 Å². The van der Waals surface area contributed by atoms with Gasteiger partial charge in [0.2, 0.25) is 0 Å². The second-order valence-electron chi connectivity index (χ2n) is 4.13. The van der Waals surface area contributed by atoms with Crippen molar-refractivity contribution in [3.05, 3.63) is 47.2 Å². The number of hydrogen-bond acceptors (Lipinski definition) is 1. The summed E-state index contributed by atoms with van der Waals surface area (Å²) in [7, 11) is 1.85. The Morgan fingerprint density at radius 2 is 1.87 bits per heavy atom. The first-order chi connectivity index (χ1) is 6.95. The molecule has 1 nitrogen and oxygen atoms in total. The van der Waals surface area contributed by atoms with Gasteiger partial charge in [-0.3, -0.25) is 0 Å². The van der Waals surface area contributed by atoms with Gasteiger partial charge in [-0.2, -0.15) is 0 Å². The molecule has 0 aliphatic heterocycles. The van der Waals surface area contributed by atoms with Crippen LogP contribution in [0, 0.1) is 0 Å². The zero-order chi connectivity index (χ0) is 11.5. The highest BCUT2D eigenvalue weighted by molar-refractivity contribution is 5.43. The van der Waals surface area contributed by atoms with Gasteiger partial charge in [-0.15, -0.1) is 0 Å². The normalized spacial score (nSPS) is 17.3. The summed E-state index contributed by atoms with van der Waals surface area (Å²) in [6.45, 7) is 5.08. The first kappa shape index (κ1) is 11.8. The van der Waals surface area contributed by atoms with E-state index in [4.69, 9.17) is 0 Å². The molecule has 0 saturated heterocycles. The topological polar surface area (TPSA) is 12.0 Å². The van der Waals surface area contributed by atoms with E-state index >= 15 is 0 Å². The minimum Gasteiger partial charge on any atom is -0.388 e. The maximum absolute atomic E-state index is 13.9. The van der Waals surface area contributed by atoms with Gasteiger partial charge in [0.05, 0.1) is 0 Å². The Labute approximate surface area is 91.1 Å². The van der Waals surface area contributed by atoms with Crippen LogP contribution < -0.4 is 5.32 Å². The minimum atomic E-state index is -1.30. The van der Waals surface area contributed by atoms with Crippen molar-refractivity contribution >= 4 is 0 Å². The van der Waals surface area contributed by atoms with Gasteiger partial charge in [-0.05, 0) is 44.1 Å². The zero-order valence-corrected chi connectivity index (χ0v) is 9.76. The maximum atomic E-state index is 13.9. The van der Waals surface area contributed by atoms with Gasteiger partial charge < -0.3 is 5.32 Å². The van der Waals surface area contributed by atoms with E-state index in [9.17, 15) is 4.39 Å². The zero-order valence-electron chi connectivity index (χ0n) is 9.76. The Balaban J connectivity index is 3.11. The first-order valence-corrected chi connectivity index (χ1v) is 5.09. The van der Waals surface area contributed by atoms with Gasteiger partial charge in [0.15, 0.2) is 0 Å². The van der Waals surface area contributed by atoms with Gasteiger partial charge in [-0.1, -0.05) is 18.2 Å². The van der Waals surface area contributed by atoms with E-state index in [2.05, 4.69) is 5.32 Å². The van der Waals surface area contributed by atoms with Crippen LogP contribution in [0.5, 0.6) is 0 Å². The molecule has 0 saturated carbocycles. The van der Waals surface area contributed by atoms with Crippen LogP contribution in [0.1, 0.15) is 20.8 Å². The molecule has 0 spiro atoms. The lowest BCUT2D eigenvalue weighted by molar-refractivity contribution is 0.272. The highest BCUT2D eigenvalue weighted by atomic mass is 19.1. The molecular formula is C13H18FN. The molecule has 2 heteroatoms. The average Bonchev–Trinajstić information content (AvgIpc) is 2.09. The van der Waals surface area contributed by atoms with E-state index in [0.717, 1.165) is 16.8 Å². The van der Waals surface area contributed by atoms with Gasteiger partial charge in [0.25, 0.3) is 0 Å². The van der Waals surface area contributed by atoms with Crippen molar-refractivity contribution < 1.29 is 4.39 Å². The third kappa shape index (κ3) is 3.08. The predicted molar refractivity (Wildman–Crippen MR) is 63.3 cm³/mol. The molecule has 0 aromatic carbocycles. The number of hydrogen-bond donors (Lipinski definition) is 1. The summed E-state index contributed by atoms with van der Waals surface area (Å²) >= 11 is 0. The predicted octanol–water partition coefficient (Wildman–Crippen LogP) is 3.28.